The second-order valence-corrected chi connectivity index (χ2v) is 12.3. The fourth-order valence-electron chi connectivity index (χ4n) is 7.52. The van der Waals surface area contributed by atoms with E-state index in [1.807, 2.05) is 97.1 Å². The van der Waals surface area contributed by atoms with Gasteiger partial charge in [-0.15, -0.1) is 0 Å². The minimum absolute atomic E-state index is 0.555. The summed E-state index contributed by atoms with van der Waals surface area (Å²) < 4.78 is 4.32. The first kappa shape index (κ1) is 28.8. The third-order valence-electron chi connectivity index (χ3n) is 9.65. The molecule has 0 fully saturated rings. The highest BCUT2D eigenvalue weighted by Crippen LogP contribution is 2.41. The number of nitriles is 3. The van der Waals surface area contributed by atoms with E-state index in [0.29, 0.717) is 16.7 Å². The highest BCUT2D eigenvalue weighted by molar-refractivity contribution is 6.12. The van der Waals surface area contributed by atoms with E-state index >= 15 is 0 Å². The number of hydrogen-bond donors (Lipinski definition) is 0. The van der Waals surface area contributed by atoms with Gasteiger partial charge in [-0.05, 0) is 71.3 Å². The predicted octanol–water partition coefficient (Wildman–Crippen LogP) is 10.8. The summed E-state index contributed by atoms with van der Waals surface area (Å²) in [7, 11) is 0. The predicted molar refractivity (Wildman–Crippen MR) is 200 cm³/mol. The number of fused-ring (bicyclic) bond motifs is 6. The number of benzene rings is 7. The van der Waals surface area contributed by atoms with E-state index in [1.165, 1.54) is 0 Å². The van der Waals surface area contributed by atoms with Crippen LogP contribution in [0.25, 0.3) is 77.2 Å². The van der Waals surface area contributed by atoms with Crippen LogP contribution in [0, 0.1) is 34.0 Å². The average molecular weight is 636 g/mol. The third-order valence-corrected chi connectivity index (χ3v) is 9.65. The molecular weight excluding hydrogens is 611 g/mol. The first-order chi connectivity index (χ1) is 24.7. The van der Waals surface area contributed by atoms with Gasteiger partial charge in [0.15, 0.2) is 0 Å². The molecule has 9 aromatic rings. The fourth-order valence-corrected chi connectivity index (χ4v) is 7.52. The number of hydrogen-bond acceptors (Lipinski definition) is 3. The van der Waals surface area contributed by atoms with Crippen molar-refractivity contribution < 1.29 is 0 Å². The fraction of sp³-hybridized carbons (Fsp3) is 0. The molecule has 0 aliphatic rings. The second-order valence-electron chi connectivity index (χ2n) is 12.3. The Balaban J connectivity index is 1.26. The van der Waals surface area contributed by atoms with Crippen molar-refractivity contribution in [1.82, 2.24) is 9.13 Å². The first-order valence-electron chi connectivity index (χ1n) is 16.3. The molecule has 0 amide bonds. The van der Waals surface area contributed by atoms with Crippen molar-refractivity contribution in [1.29, 1.82) is 15.8 Å². The van der Waals surface area contributed by atoms with Crippen molar-refractivity contribution >= 4 is 43.6 Å². The standard InChI is InChI=1S/C45H25N5/c46-26-29-20-22-44-39(24-29)38-16-9-10-31(27-47)45(38)50(44)43-19-8-3-13-35(43)34-12-2-1-11-33(34)30-21-23-40(32(25-30)28-48)49-41-17-6-4-14-36(41)37-15-5-7-18-42(37)49/h1-25H. The van der Waals surface area contributed by atoms with Crippen molar-refractivity contribution in [2.45, 2.75) is 0 Å². The molecule has 0 unspecified atom stereocenters. The smallest absolute Gasteiger partial charge is 0.101 e. The highest BCUT2D eigenvalue weighted by atomic mass is 15.0. The van der Waals surface area contributed by atoms with Crippen LogP contribution in [0.2, 0.25) is 0 Å². The molecule has 0 N–H and O–H groups in total. The van der Waals surface area contributed by atoms with Crippen LogP contribution in [-0.2, 0) is 0 Å². The van der Waals surface area contributed by atoms with Crippen molar-refractivity contribution in [2.24, 2.45) is 0 Å². The number of para-hydroxylation sites is 4. The molecule has 9 rings (SSSR count). The molecule has 0 saturated heterocycles. The molecule has 0 saturated carbocycles. The molecule has 230 valence electrons. The van der Waals surface area contributed by atoms with E-state index in [1.54, 1.807) is 0 Å². The van der Waals surface area contributed by atoms with Crippen LogP contribution in [0.5, 0.6) is 0 Å². The molecule has 0 atom stereocenters. The molecule has 7 aromatic carbocycles. The van der Waals surface area contributed by atoms with Crippen LogP contribution in [0.1, 0.15) is 16.7 Å². The lowest BCUT2D eigenvalue weighted by molar-refractivity contribution is 1.17. The summed E-state index contributed by atoms with van der Waals surface area (Å²) in [5.74, 6) is 0. The second kappa shape index (κ2) is 11.4. The van der Waals surface area contributed by atoms with E-state index in [0.717, 1.165) is 77.2 Å². The lowest BCUT2D eigenvalue weighted by Crippen LogP contribution is -2.00. The molecule has 2 aromatic heterocycles. The van der Waals surface area contributed by atoms with Gasteiger partial charge < -0.3 is 9.13 Å². The molecule has 0 spiro atoms. The highest BCUT2D eigenvalue weighted by Gasteiger charge is 2.21. The molecule has 0 aliphatic carbocycles. The minimum atomic E-state index is 0.555. The van der Waals surface area contributed by atoms with Crippen LogP contribution < -0.4 is 0 Å². The van der Waals surface area contributed by atoms with Crippen molar-refractivity contribution in [3.63, 3.8) is 0 Å². The Bertz CT molecular complexity index is 2920. The molecule has 2 heterocycles. The SMILES string of the molecule is N#Cc1ccc2c(c1)c1cccc(C#N)c1n2-c1ccccc1-c1ccccc1-c1ccc(-n2c3ccccc3c3ccccc32)c(C#N)c1. The summed E-state index contributed by atoms with van der Waals surface area (Å²) in [4.78, 5) is 0. The van der Waals surface area contributed by atoms with Crippen LogP contribution in [0.15, 0.2) is 152 Å². The largest absolute Gasteiger partial charge is 0.308 e. The van der Waals surface area contributed by atoms with Gasteiger partial charge in [-0.3, -0.25) is 0 Å². The van der Waals surface area contributed by atoms with Crippen molar-refractivity contribution in [2.75, 3.05) is 0 Å². The Kier molecular flexibility index (Phi) is 6.56. The Morgan fingerprint density at radius 2 is 1.00 bits per heavy atom. The van der Waals surface area contributed by atoms with Gasteiger partial charge in [0.2, 0.25) is 0 Å². The van der Waals surface area contributed by atoms with Gasteiger partial charge in [0.05, 0.1) is 56.2 Å². The molecule has 0 radical (unpaired) electrons. The van der Waals surface area contributed by atoms with E-state index in [4.69, 9.17) is 0 Å². The van der Waals surface area contributed by atoms with Gasteiger partial charge in [0, 0.05) is 27.1 Å². The zero-order valence-corrected chi connectivity index (χ0v) is 26.7. The zero-order chi connectivity index (χ0) is 33.8. The number of rotatable bonds is 4. The lowest BCUT2D eigenvalue weighted by atomic mass is 9.92. The van der Waals surface area contributed by atoms with Gasteiger partial charge in [0.25, 0.3) is 0 Å². The van der Waals surface area contributed by atoms with Crippen LogP contribution in [-0.4, -0.2) is 9.13 Å². The van der Waals surface area contributed by atoms with Crippen LogP contribution in [0.3, 0.4) is 0 Å². The zero-order valence-electron chi connectivity index (χ0n) is 26.7. The van der Waals surface area contributed by atoms with E-state index in [9.17, 15) is 15.8 Å². The van der Waals surface area contributed by atoms with Crippen molar-refractivity contribution in [3.8, 4) is 51.8 Å². The number of nitrogens with zero attached hydrogens (tertiary/aromatic N) is 5. The van der Waals surface area contributed by atoms with Crippen molar-refractivity contribution in [3.05, 3.63) is 168 Å². The topological polar surface area (TPSA) is 81.2 Å². The summed E-state index contributed by atoms with van der Waals surface area (Å²) in [6.45, 7) is 0. The maximum atomic E-state index is 10.6. The Morgan fingerprint density at radius 3 is 1.72 bits per heavy atom. The molecule has 5 nitrogen and oxygen atoms in total. The molecule has 5 heteroatoms. The molecule has 0 aliphatic heterocycles. The summed E-state index contributed by atoms with van der Waals surface area (Å²) in [5.41, 5.74) is 11.1. The molecule has 0 bridgehead atoms. The average Bonchev–Trinajstić information content (AvgIpc) is 3.70. The summed E-state index contributed by atoms with van der Waals surface area (Å²) in [6, 6.07) is 57.8. The van der Waals surface area contributed by atoms with Gasteiger partial charge in [-0.2, -0.15) is 15.8 Å². The lowest BCUT2D eigenvalue weighted by Gasteiger charge is -2.18. The first-order valence-corrected chi connectivity index (χ1v) is 16.3. The maximum Gasteiger partial charge on any atom is 0.101 e. The van der Waals surface area contributed by atoms with Gasteiger partial charge in [0.1, 0.15) is 12.1 Å². The number of aromatic nitrogens is 2. The molecule has 50 heavy (non-hydrogen) atoms. The Labute approximate surface area is 287 Å². The monoisotopic (exact) mass is 635 g/mol. The van der Waals surface area contributed by atoms with E-state index in [-0.39, 0.29) is 0 Å². The van der Waals surface area contributed by atoms with Gasteiger partial charge in [-0.1, -0.05) is 97.1 Å². The van der Waals surface area contributed by atoms with Crippen LogP contribution >= 0.6 is 0 Å². The van der Waals surface area contributed by atoms with Gasteiger partial charge >= 0.3 is 0 Å². The van der Waals surface area contributed by atoms with Gasteiger partial charge in [-0.25, -0.2) is 0 Å². The third kappa shape index (κ3) is 4.24. The Morgan fingerprint density at radius 1 is 0.380 bits per heavy atom. The van der Waals surface area contributed by atoms with E-state index in [2.05, 4.69) is 81.9 Å². The summed E-state index contributed by atoms with van der Waals surface area (Å²) >= 11 is 0. The minimum Gasteiger partial charge on any atom is -0.308 e. The Hall–Kier alpha value is -7.39. The summed E-state index contributed by atoms with van der Waals surface area (Å²) in [5, 5.41) is 34.6. The summed E-state index contributed by atoms with van der Waals surface area (Å²) in [6.07, 6.45) is 0. The van der Waals surface area contributed by atoms with Crippen LogP contribution in [0.4, 0.5) is 0 Å². The quantitative estimate of drug-likeness (QED) is 0.193. The normalized spacial score (nSPS) is 11.1. The maximum absolute atomic E-state index is 10.6. The van der Waals surface area contributed by atoms with E-state index < -0.39 is 0 Å². The molecular formula is C45H25N5.